The van der Waals surface area contributed by atoms with Gasteiger partial charge in [0.05, 0.1) is 33.3 Å². The molecule has 4 aromatic rings. The van der Waals surface area contributed by atoms with Crippen LogP contribution in [0.5, 0.6) is 5.75 Å². The van der Waals surface area contributed by atoms with Crippen molar-refractivity contribution in [3.8, 4) is 17.1 Å². The van der Waals surface area contributed by atoms with E-state index >= 15 is 0 Å². The average Bonchev–Trinajstić information content (AvgIpc) is 2.86. The summed E-state index contributed by atoms with van der Waals surface area (Å²) in [6.45, 7) is 0. The molecule has 0 N–H and O–H groups in total. The SMILES string of the molecule is O=C([O-])c1cc([N+](=O)[O-])cc([N+](=O)[O-])c1[O-].[Cu+2].c1ccc(-c2ccccn2)nc1.c1ccncc1. The Hall–Kier alpha value is -4.74. The van der Waals surface area contributed by atoms with Crippen LogP contribution in [0.4, 0.5) is 11.4 Å². The smallest absolute Gasteiger partial charge is 0.867 e. The summed E-state index contributed by atoms with van der Waals surface area (Å²) >= 11 is 0. The molecule has 1 radical (unpaired) electrons. The molecule has 0 bridgehead atoms. The molecular weight excluding hydrogens is 510 g/mol. The van der Waals surface area contributed by atoms with Gasteiger partial charge in [0, 0.05) is 36.4 Å². The van der Waals surface area contributed by atoms with Crippen LogP contribution in [0, 0.1) is 20.2 Å². The van der Waals surface area contributed by atoms with Gasteiger partial charge in [0.15, 0.2) is 0 Å². The van der Waals surface area contributed by atoms with Crippen LogP contribution in [-0.4, -0.2) is 30.8 Å². The number of carbonyl (C=O) groups excluding carboxylic acids is 1. The number of carbonyl (C=O) groups is 1. The number of pyridine rings is 3. The van der Waals surface area contributed by atoms with Crippen LogP contribution in [0.25, 0.3) is 11.4 Å². The van der Waals surface area contributed by atoms with Gasteiger partial charge in [-0.15, -0.1) is 0 Å². The Kier molecular flexibility index (Phi) is 11.7. The van der Waals surface area contributed by atoms with E-state index < -0.39 is 38.5 Å². The van der Waals surface area contributed by atoms with E-state index in [1.807, 2.05) is 54.6 Å². The van der Waals surface area contributed by atoms with E-state index in [0.29, 0.717) is 12.1 Å². The Bertz CT molecular complexity index is 1150. The Morgan fingerprint density at radius 3 is 1.57 bits per heavy atom. The zero-order chi connectivity index (χ0) is 24.9. The largest absolute Gasteiger partial charge is 2.00 e. The van der Waals surface area contributed by atoms with Crippen LogP contribution in [0.15, 0.2) is 91.5 Å². The van der Waals surface area contributed by atoms with Gasteiger partial charge < -0.3 is 15.0 Å². The number of aromatic carboxylic acids is 1. The Morgan fingerprint density at radius 1 is 0.743 bits per heavy atom. The van der Waals surface area contributed by atoms with Gasteiger partial charge in [-0.25, -0.2) is 0 Å². The third-order valence-corrected chi connectivity index (χ3v) is 3.84. The minimum Gasteiger partial charge on any atom is -0.867 e. The fourth-order valence-electron chi connectivity index (χ4n) is 2.33. The Labute approximate surface area is 208 Å². The third-order valence-electron chi connectivity index (χ3n) is 3.84. The number of benzene rings is 1. The first kappa shape index (κ1) is 28.3. The van der Waals surface area contributed by atoms with Crippen LogP contribution < -0.4 is 10.2 Å². The molecule has 3 aromatic heterocycles. The van der Waals surface area contributed by atoms with Crippen molar-refractivity contribution < 1.29 is 41.9 Å². The first-order chi connectivity index (χ1) is 16.3. The molecule has 0 saturated carbocycles. The zero-order valence-electron chi connectivity index (χ0n) is 17.6. The number of hydrogen-bond donors (Lipinski definition) is 0. The molecule has 181 valence electrons. The second kappa shape index (κ2) is 14.4. The third kappa shape index (κ3) is 8.96. The molecule has 0 aliphatic heterocycles. The number of aromatic nitrogens is 3. The number of hydrogen-bond acceptors (Lipinski definition) is 10. The maximum absolute atomic E-state index is 11.1. The molecule has 35 heavy (non-hydrogen) atoms. The van der Waals surface area contributed by atoms with Crippen molar-refractivity contribution in [1.29, 1.82) is 0 Å². The predicted molar refractivity (Wildman–Crippen MR) is 115 cm³/mol. The van der Waals surface area contributed by atoms with Gasteiger partial charge in [-0.2, -0.15) is 0 Å². The van der Waals surface area contributed by atoms with E-state index in [-0.39, 0.29) is 17.1 Å². The summed E-state index contributed by atoms with van der Waals surface area (Å²) in [7, 11) is 0. The molecule has 1 aromatic carbocycles. The number of nitrogens with zero attached hydrogens (tertiary/aromatic N) is 5. The molecule has 0 atom stereocenters. The number of carboxylic acids is 1. The number of nitro groups is 2. The molecule has 13 heteroatoms. The monoisotopic (exact) mass is 524 g/mol. The molecule has 0 saturated heterocycles. The van der Waals surface area contributed by atoms with Crippen LogP contribution >= 0.6 is 0 Å². The standard InChI is InChI=1S/C10H8N2.C7H4N2O7.C5H5N.Cu/c1-3-7-11-9(5-1)10-6-2-4-8-12-10;10-6-4(7(11)12)1-3(8(13)14)2-5(6)9(15)16;1-2-4-6-5-3-1;/h1-8H;1-2,10H,(H,11,12);1-5H;/q;;;+2/p-2. The summed E-state index contributed by atoms with van der Waals surface area (Å²) < 4.78 is 0. The summed E-state index contributed by atoms with van der Waals surface area (Å²) in [5, 5.41) is 42.2. The van der Waals surface area contributed by atoms with Crippen LogP contribution in [0.2, 0.25) is 0 Å². The number of rotatable bonds is 4. The quantitative estimate of drug-likeness (QED) is 0.217. The molecule has 0 amide bonds. The first-order valence-electron chi connectivity index (χ1n) is 9.34. The molecule has 3 heterocycles. The van der Waals surface area contributed by atoms with Crippen molar-refractivity contribution in [2.75, 3.05) is 0 Å². The van der Waals surface area contributed by atoms with Gasteiger partial charge in [0.1, 0.15) is 0 Å². The Morgan fingerprint density at radius 2 is 1.26 bits per heavy atom. The molecule has 12 nitrogen and oxygen atoms in total. The molecule has 4 rings (SSSR count). The van der Waals surface area contributed by atoms with Gasteiger partial charge in [0.2, 0.25) is 0 Å². The van der Waals surface area contributed by atoms with E-state index in [0.717, 1.165) is 11.4 Å². The molecular formula is C22H15CuN5O7. The van der Waals surface area contributed by atoms with Crippen molar-refractivity contribution >= 4 is 17.3 Å². The molecule has 0 fully saturated rings. The minimum absolute atomic E-state index is 0. The normalized spacial score (nSPS) is 9.14. The molecule has 0 aliphatic rings. The Balaban J connectivity index is 0.000000282. The molecule has 0 spiro atoms. The summed E-state index contributed by atoms with van der Waals surface area (Å²) in [6.07, 6.45) is 7.04. The van der Waals surface area contributed by atoms with E-state index in [1.54, 1.807) is 24.8 Å². The van der Waals surface area contributed by atoms with E-state index in [9.17, 15) is 35.2 Å². The maximum atomic E-state index is 11.1. The fourth-order valence-corrected chi connectivity index (χ4v) is 2.33. The van der Waals surface area contributed by atoms with Gasteiger partial charge in [0.25, 0.3) is 11.4 Å². The minimum atomic E-state index is -2.00. The second-order valence-corrected chi connectivity index (χ2v) is 6.10. The van der Waals surface area contributed by atoms with Crippen molar-refractivity contribution in [2.24, 2.45) is 0 Å². The van der Waals surface area contributed by atoms with E-state index in [1.165, 1.54) is 0 Å². The number of carboxylic acid groups (broad SMARTS) is 1. The second-order valence-electron chi connectivity index (χ2n) is 6.10. The summed E-state index contributed by atoms with van der Waals surface area (Å²) in [5.41, 5.74) is -1.31. The molecule has 0 aliphatic carbocycles. The predicted octanol–water partition coefficient (Wildman–Crippen LogP) is 2.16. The van der Waals surface area contributed by atoms with Gasteiger partial charge in [-0.3, -0.25) is 35.2 Å². The van der Waals surface area contributed by atoms with Crippen molar-refractivity contribution in [1.82, 2.24) is 15.0 Å². The van der Waals surface area contributed by atoms with Gasteiger partial charge in [-0.1, -0.05) is 18.2 Å². The topological polar surface area (TPSA) is 188 Å². The summed E-state index contributed by atoms with van der Waals surface area (Å²) in [4.78, 5) is 41.0. The maximum Gasteiger partial charge on any atom is 2.00 e. The summed E-state index contributed by atoms with van der Waals surface area (Å²) in [6, 6.07) is 18.1. The van der Waals surface area contributed by atoms with E-state index in [2.05, 4.69) is 15.0 Å². The van der Waals surface area contributed by atoms with Crippen LogP contribution in [0.3, 0.4) is 0 Å². The van der Waals surface area contributed by atoms with Crippen molar-refractivity contribution in [3.63, 3.8) is 0 Å². The number of non-ortho nitro benzene ring substituents is 1. The summed E-state index contributed by atoms with van der Waals surface area (Å²) in [5.74, 6) is -3.42. The van der Waals surface area contributed by atoms with Crippen LogP contribution in [-0.2, 0) is 17.1 Å². The van der Waals surface area contributed by atoms with Crippen LogP contribution in [0.1, 0.15) is 10.4 Å². The fraction of sp³-hybridized carbons (Fsp3) is 0. The average molecular weight is 525 g/mol. The first-order valence-corrected chi connectivity index (χ1v) is 9.34. The zero-order valence-corrected chi connectivity index (χ0v) is 18.5. The van der Waals surface area contributed by atoms with Gasteiger partial charge >= 0.3 is 17.1 Å². The van der Waals surface area contributed by atoms with Crippen molar-refractivity contribution in [3.05, 3.63) is 117 Å². The van der Waals surface area contributed by atoms with Crippen molar-refractivity contribution in [2.45, 2.75) is 0 Å². The van der Waals surface area contributed by atoms with Gasteiger partial charge in [-0.05, 0) is 42.1 Å². The molecule has 0 unspecified atom stereocenters. The number of nitro benzene ring substituents is 2. The van der Waals surface area contributed by atoms with E-state index in [4.69, 9.17) is 0 Å².